The lowest BCUT2D eigenvalue weighted by Gasteiger charge is -2.36. The van der Waals surface area contributed by atoms with Gasteiger partial charge in [0, 0.05) is 37.8 Å². The summed E-state index contributed by atoms with van der Waals surface area (Å²) in [6, 6.07) is 6.13. The molecule has 0 spiro atoms. The van der Waals surface area contributed by atoms with Gasteiger partial charge in [0.1, 0.15) is 5.75 Å². The van der Waals surface area contributed by atoms with Gasteiger partial charge in [-0.15, -0.1) is 19.0 Å². The largest absolute Gasteiger partial charge is 0.461 e. The van der Waals surface area contributed by atoms with Crippen LogP contribution in [0.25, 0.3) is 0 Å². The Morgan fingerprint density at radius 2 is 1.85 bits per heavy atom. The van der Waals surface area contributed by atoms with Gasteiger partial charge in [-0.05, 0) is 25.3 Å². The molecule has 1 aromatic rings. The third-order valence-corrected chi connectivity index (χ3v) is 4.51. The Balaban J connectivity index is 0.00000364. The van der Waals surface area contributed by atoms with Crippen LogP contribution in [0.1, 0.15) is 37.3 Å². The summed E-state index contributed by atoms with van der Waals surface area (Å²) in [6.07, 6.45) is -3.07. The van der Waals surface area contributed by atoms with Gasteiger partial charge in [0.25, 0.3) is 0 Å². The number of halogens is 5. The van der Waals surface area contributed by atoms with E-state index in [-0.39, 0.29) is 24.2 Å². The molecule has 1 heterocycles. The minimum atomic E-state index is -4.51. The van der Waals surface area contributed by atoms with Crippen molar-refractivity contribution in [2.75, 3.05) is 26.2 Å². The maximum Gasteiger partial charge on any atom is 0.461 e. The highest BCUT2D eigenvalue weighted by molar-refractivity contribution is 5.85. The van der Waals surface area contributed by atoms with Crippen molar-refractivity contribution < 1.29 is 22.3 Å². The molecule has 1 saturated heterocycles. The second kappa shape index (κ2) is 11.5. The van der Waals surface area contributed by atoms with Gasteiger partial charge in [0.2, 0.25) is 0 Å². The summed E-state index contributed by atoms with van der Waals surface area (Å²) in [7, 11) is 0. The summed E-state index contributed by atoms with van der Waals surface area (Å²) in [5.74, 6) is -0.176. The van der Waals surface area contributed by atoms with Crippen molar-refractivity contribution in [3.8, 4) is 5.75 Å². The van der Waals surface area contributed by atoms with Crippen LogP contribution in [-0.2, 0) is 0 Å². The summed E-state index contributed by atoms with van der Waals surface area (Å²) in [6.45, 7) is 6.85. The smallest absolute Gasteiger partial charge is 0.428 e. The summed E-state index contributed by atoms with van der Waals surface area (Å²) in [4.78, 5) is 2.20. The number of nitrogens with one attached hydrogen (secondary N) is 1. The molecule has 0 amide bonds. The Morgan fingerprint density at radius 3 is 2.48 bits per heavy atom. The average Bonchev–Trinajstić information content (AvgIpc) is 2.63. The van der Waals surface area contributed by atoms with E-state index in [9.17, 15) is 17.6 Å². The first-order valence-corrected chi connectivity index (χ1v) is 8.95. The molecule has 0 radical (unpaired) electrons. The fraction of sp³-hybridized carbons (Fsp3) is 0.579. The molecule has 3 nitrogen and oxygen atoms in total. The molecule has 1 aliphatic rings. The van der Waals surface area contributed by atoms with Crippen molar-refractivity contribution in [3.05, 3.63) is 42.5 Å². The fourth-order valence-corrected chi connectivity index (χ4v) is 3.19. The summed E-state index contributed by atoms with van der Waals surface area (Å²) in [5, 5.41) is 3.26. The van der Waals surface area contributed by atoms with E-state index in [1.165, 1.54) is 12.1 Å². The number of allylic oxidation sites excluding steroid dienone is 1. The Hall–Kier alpha value is -1.31. The summed E-state index contributed by atoms with van der Waals surface area (Å²) >= 11 is 0. The van der Waals surface area contributed by atoms with E-state index < -0.39 is 12.5 Å². The van der Waals surface area contributed by atoms with Gasteiger partial charge in [-0.2, -0.15) is 17.6 Å². The topological polar surface area (TPSA) is 24.5 Å². The molecule has 1 atom stereocenters. The van der Waals surface area contributed by atoms with Crippen LogP contribution < -0.4 is 10.1 Å². The summed E-state index contributed by atoms with van der Waals surface area (Å²) < 4.78 is 56.5. The van der Waals surface area contributed by atoms with E-state index in [4.69, 9.17) is 0 Å². The van der Waals surface area contributed by atoms with Gasteiger partial charge < -0.3 is 10.1 Å². The lowest BCUT2D eigenvalue weighted by molar-refractivity contribution is -0.253. The molecule has 0 aliphatic carbocycles. The van der Waals surface area contributed by atoms with E-state index in [1.54, 1.807) is 12.1 Å². The third-order valence-electron chi connectivity index (χ3n) is 4.51. The first kappa shape index (κ1) is 23.7. The van der Waals surface area contributed by atoms with Crippen molar-refractivity contribution >= 4 is 12.4 Å². The zero-order chi connectivity index (χ0) is 19.0. The molecule has 8 heteroatoms. The van der Waals surface area contributed by atoms with E-state index in [1.807, 2.05) is 6.08 Å². The normalized spacial score (nSPS) is 16.6. The molecule has 0 bridgehead atoms. The van der Waals surface area contributed by atoms with Gasteiger partial charge >= 0.3 is 12.5 Å². The van der Waals surface area contributed by atoms with Crippen molar-refractivity contribution in [3.63, 3.8) is 0 Å². The molecule has 1 fully saturated rings. The van der Waals surface area contributed by atoms with Crippen LogP contribution in [0.4, 0.5) is 17.6 Å². The predicted molar refractivity (Wildman–Crippen MR) is 101 cm³/mol. The van der Waals surface area contributed by atoms with E-state index in [0.29, 0.717) is 5.56 Å². The molecule has 154 valence electrons. The lowest BCUT2D eigenvalue weighted by atomic mass is 9.97. The Morgan fingerprint density at radius 1 is 1.19 bits per heavy atom. The highest BCUT2D eigenvalue weighted by Gasteiger charge is 2.44. The van der Waals surface area contributed by atoms with E-state index >= 15 is 0 Å². The zero-order valence-electron chi connectivity index (χ0n) is 15.2. The zero-order valence-corrected chi connectivity index (χ0v) is 16.0. The van der Waals surface area contributed by atoms with Gasteiger partial charge in [-0.3, -0.25) is 4.90 Å². The minimum Gasteiger partial charge on any atom is -0.428 e. The number of para-hydroxylation sites is 1. The molecule has 1 aromatic carbocycles. The van der Waals surface area contributed by atoms with Crippen molar-refractivity contribution in [2.45, 2.75) is 44.3 Å². The lowest BCUT2D eigenvalue weighted by Crippen LogP contribution is -2.45. The Kier molecular flexibility index (Phi) is 10.1. The standard InChI is InChI=1S/C19H26F4N2O.ClH/c1-2-3-4-5-9-16(25-13-11-24-12-14-25)15-8-6-7-10-17(15)26-19(22,23)18(20)21;/h2,6-8,10,16,18,24H,1,3-5,9,11-14H2;1H/t16-;/m1./s1. The number of rotatable bonds is 10. The molecule has 0 saturated carbocycles. The second-order valence-electron chi connectivity index (χ2n) is 6.38. The van der Waals surface area contributed by atoms with Gasteiger partial charge in [0.15, 0.2) is 0 Å². The molecular formula is C19H27ClF4N2O. The van der Waals surface area contributed by atoms with E-state index in [2.05, 4.69) is 21.5 Å². The quantitative estimate of drug-likeness (QED) is 0.332. The summed E-state index contributed by atoms with van der Waals surface area (Å²) in [5.41, 5.74) is 0.535. The number of nitrogens with zero attached hydrogens (tertiary/aromatic N) is 1. The SMILES string of the molecule is C=CCCCC[C@H](c1ccccc1OC(F)(F)C(F)F)N1CCNCC1.Cl. The molecule has 27 heavy (non-hydrogen) atoms. The number of unbranched alkanes of at least 4 members (excludes halogenated alkanes) is 2. The monoisotopic (exact) mass is 410 g/mol. The molecule has 0 unspecified atom stereocenters. The highest BCUT2D eigenvalue weighted by Crippen LogP contribution is 2.37. The van der Waals surface area contributed by atoms with Crippen LogP contribution in [0.2, 0.25) is 0 Å². The Bertz CT molecular complexity index is 568. The highest BCUT2D eigenvalue weighted by atomic mass is 35.5. The van der Waals surface area contributed by atoms with Crippen LogP contribution >= 0.6 is 12.4 Å². The first-order chi connectivity index (χ1) is 12.5. The van der Waals surface area contributed by atoms with E-state index in [0.717, 1.165) is 51.9 Å². The number of alkyl halides is 4. The minimum absolute atomic E-state index is 0. The Labute approximate surface area is 164 Å². The molecule has 1 aliphatic heterocycles. The maximum absolute atomic E-state index is 13.5. The van der Waals surface area contributed by atoms with Crippen LogP contribution in [0.3, 0.4) is 0 Å². The predicted octanol–water partition coefficient (Wildman–Crippen LogP) is 5.04. The molecule has 2 rings (SSSR count). The number of piperazine rings is 1. The van der Waals surface area contributed by atoms with Crippen LogP contribution in [0, 0.1) is 0 Å². The molecule has 0 aromatic heterocycles. The van der Waals surface area contributed by atoms with Crippen LogP contribution in [0.15, 0.2) is 36.9 Å². The van der Waals surface area contributed by atoms with Crippen LogP contribution in [-0.4, -0.2) is 43.6 Å². The number of hydrogen-bond acceptors (Lipinski definition) is 3. The maximum atomic E-state index is 13.5. The molecular weight excluding hydrogens is 384 g/mol. The second-order valence-corrected chi connectivity index (χ2v) is 6.38. The van der Waals surface area contributed by atoms with Gasteiger partial charge in [-0.25, -0.2) is 0 Å². The average molecular weight is 411 g/mol. The number of hydrogen-bond donors (Lipinski definition) is 1. The van der Waals surface area contributed by atoms with Crippen molar-refractivity contribution in [1.82, 2.24) is 10.2 Å². The van der Waals surface area contributed by atoms with Crippen LogP contribution in [0.5, 0.6) is 5.75 Å². The van der Waals surface area contributed by atoms with Gasteiger partial charge in [0.05, 0.1) is 0 Å². The number of ether oxygens (including phenoxy) is 1. The first-order valence-electron chi connectivity index (χ1n) is 8.95. The third kappa shape index (κ3) is 6.97. The van der Waals surface area contributed by atoms with Gasteiger partial charge in [-0.1, -0.05) is 30.7 Å². The van der Waals surface area contributed by atoms with Crippen molar-refractivity contribution in [1.29, 1.82) is 0 Å². The van der Waals surface area contributed by atoms with Crippen molar-refractivity contribution in [2.24, 2.45) is 0 Å². The number of benzene rings is 1. The fourth-order valence-electron chi connectivity index (χ4n) is 3.19. The molecule has 1 N–H and O–H groups in total.